The Morgan fingerprint density at radius 2 is 1.23 bits per heavy atom. The van der Waals surface area contributed by atoms with Crippen molar-refractivity contribution in [1.29, 1.82) is 0 Å². The van der Waals surface area contributed by atoms with Gasteiger partial charge in [-0.2, -0.15) is 0 Å². The second-order valence-corrected chi connectivity index (χ2v) is 11.9. The lowest BCUT2D eigenvalue weighted by molar-refractivity contribution is -0.173. The minimum Gasteiger partial charge on any atom is -0.444 e. The van der Waals surface area contributed by atoms with Gasteiger partial charge in [0.25, 0.3) is 0 Å². The number of fused-ring (bicyclic) bond motifs is 1. The summed E-state index contributed by atoms with van der Waals surface area (Å²) in [6.45, 7) is 8.97. The van der Waals surface area contributed by atoms with Gasteiger partial charge in [0.2, 0.25) is 0 Å². The molecule has 0 saturated carbocycles. The SMILES string of the molecule is CC(C)(C)OC(=O)N1[C@H](COC(c2ccccc2)(c2ccccc2)c2ccccc2)[C@H]2OC(C)(C)O[C@H]2[C@@H]1CO. The second-order valence-electron chi connectivity index (χ2n) is 11.9. The fraction of sp³-hybridized carbons (Fsp3) is 0.424. The van der Waals surface area contributed by atoms with Crippen molar-refractivity contribution in [1.82, 2.24) is 4.90 Å². The van der Waals surface area contributed by atoms with E-state index in [-0.39, 0.29) is 13.2 Å². The molecule has 2 aliphatic heterocycles. The molecule has 0 aliphatic carbocycles. The lowest BCUT2D eigenvalue weighted by Gasteiger charge is -2.39. The molecule has 0 unspecified atom stereocenters. The van der Waals surface area contributed by atoms with Gasteiger partial charge in [-0.1, -0.05) is 91.0 Å². The van der Waals surface area contributed by atoms with Gasteiger partial charge in [-0.3, -0.25) is 4.90 Å². The maximum Gasteiger partial charge on any atom is 0.411 e. The highest BCUT2D eigenvalue weighted by molar-refractivity contribution is 5.70. The van der Waals surface area contributed by atoms with Crippen molar-refractivity contribution in [3.8, 4) is 0 Å². The molecule has 3 aromatic carbocycles. The summed E-state index contributed by atoms with van der Waals surface area (Å²) in [6, 6.07) is 29.0. The molecule has 2 saturated heterocycles. The molecule has 2 fully saturated rings. The number of hydrogen-bond acceptors (Lipinski definition) is 6. The van der Waals surface area contributed by atoms with Crippen molar-refractivity contribution in [2.75, 3.05) is 13.2 Å². The van der Waals surface area contributed by atoms with E-state index in [1.165, 1.54) is 0 Å². The lowest BCUT2D eigenvalue weighted by Crippen LogP contribution is -2.52. The van der Waals surface area contributed by atoms with Crippen LogP contribution in [-0.4, -0.2) is 65.0 Å². The van der Waals surface area contributed by atoms with Crippen LogP contribution in [0.1, 0.15) is 51.3 Å². The van der Waals surface area contributed by atoms with Gasteiger partial charge >= 0.3 is 6.09 Å². The number of amides is 1. The third-order valence-electron chi connectivity index (χ3n) is 7.44. The quantitative estimate of drug-likeness (QED) is 0.396. The first kappa shape index (κ1) is 28.3. The monoisotopic (exact) mass is 545 g/mol. The van der Waals surface area contributed by atoms with Gasteiger partial charge in [0.05, 0.1) is 25.3 Å². The number of carbonyl (C=O) groups excluding carboxylic acids is 1. The van der Waals surface area contributed by atoms with Crippen molar-refractivity contribution in [3.63, 3.8) is 0 Å². The van der Waals surface area contributed by atoms with Crippen molar-refractivity contribution >= 4 is 6.09 Å². The molecule has 0 spiro atoms. The van der Waals surface area contributed by atoms with E-state index >= 15 is 0 Å². The molecule has 1 amide bonds. The van der Waals surface area contributed by atoms with Crippen LogP contribution < -0.4 is 0 Å². The Kier molecular flexibility index (Phi) is 7.77. The van der Waals surface area contributed by atoms with Gasteiger partial charge in [0.1, 0.15) is 23.4 Å². The van der Waals surface area contributed by atoms with Gasteiger partial charge in [-0.15, -0.1) is 0 Å². The highest BCUT2D eigenvalue weighted by atomic mass is 16.8. The number of rotatable bonds is 7. The third kappa shape index (κ3) is 5.39. The molecule has 212 valence electrons. The van der Waals surface area contributed by atoms with Crippen molar-refractivity contribution in [2.24, 2.45) is 0 Å². The molecule has 0 bridgehead atoms. The Morgan fingerprint density at radius 1 is 0.800 bits per heavy atom. The minimum atomic E-state index is -0.981. The Balaban J connectivity index is 1.60. The van der Waals surface area contributed by atoms with Crippen LogP contribution in [0.4, 0.5) is 4.79 Å². The number of hydrogen-bond donors (Lipinski definition) is 1. The summed E-state index contributed by atoms with van der Waals surface area (Å²) in [5.74, 6) is -0.865. The van der Waals surface area contributed by atoms with E-state index in [1.54, 1.807) is 4.90 Å². The zero-order valence-corrected chi connectivity index (χ0v) is 23.8. The molecule has 7 heteroatoms. The van der Waals surface area contributed by atoms with E-state index in [1.807, 2.05) is 89.2 Å². The zero-order valence-electron chi connectivity index (χ0n) is 23.8. The number of likely N-dealkylation sites (tertiary alicyclic amines) is 1. The molecule has 0 aromatic heterocycles. The van der Waals surface area contributed by atoms with E-state index in [0.717, 1.165) is 16.7 Å². The molecule has 3 aromatic rings. The number of carbonyl (C=O) groups is 1. The Labute approximate surface area is 236 Å². The molecular weight excluding hydrogens is 506 g/mol. The van der Waals surface area contributed by atoms with E-state index < -0.39 is 47.4 Å². The number of aliphatic hydroxyl groups is 1. The summed E-state index contributed by atoms with van der Waals surface area (Å²) in [4.78, 5) is 15.2. The van der Waals surface area contributed by atoms with E-state index in [4.69, 9.17) is 18.9 Å². The molecule has 0 radical (unpaired) electrons. The van der Waals surface area contributed by atoms with Crippen LogP contribution in [0.25, 0.3) is 0 Å². The number of ether oxygens (including phenoxy) is 4. The highest BCUT2D eigenvalue weighted by Gasteiger charge is 2.60. The van der Waals surface area contributed by atoms with Gasteiger partial charge in [0, 0.05) is 0 Å². The van der Waals surface area contributed by atoms with Gasteiger partial charge in [-0.05, 0) is 51.3 Å². The van der Waals surface area contributed by atoms with Crippen LogP contribution in [0.2, 0.25) is 0 Å². The summed E-state index contributed by atoms with van der Waals surface area (Å²) in [5, 5.41) is 10.5. The van der Waals surface area contributed by atoms with E-state index in [2.05, 4.69) is 36.4 Å². The summed E-state index contributed by atoms with van der Waals surface area (Å²) in [7, 11) is 0. The van der Waals surface area contributed by atoms with Crippen molar-refractivity contribution in [3.05, 3.63) is 108 Å². The van der Waals surface area contributed by atoms with E-state index in [0.29, 0.717) is 0 Å². The number of nitrogens with zero attached hydrogens (tertiary/aromatic N) is 1. The Morgan fingerprint density at radius 3 is 1.62 bits per heavy atom. The predicted octanol–water partition coefficient (Wildman–Crippen LogP) is 5.50. The summed E-state index contributed by atoms with van der Waals surface area (Å²) >= 11 is 0. The average Bonchev–Trinajstić information content (AvgIpc) is 3.39. The first-order chi connectivity index (χ1) is 19.1. The molecule has 7 nitrogen and oxygen atoms in total. The lowest BCUT2D eigenvalue weighted by atomic mass is 9.80. The van der Waals surface area contributed by atoms with Crippen molar-refractivity contribution < 1.29 is 28.8 Å². The van der Waals surface area contributed by atoms with Crippen LogP contribution in [-0.2, 0) is 24.5 Å². The van der Waals surface area contributed by atoms with Crippen LogP contribution in [0.15, 0.2) is 91.0 Å². The zero-order chi connectivity index (χ0) is 28.5. The largest absolute Gasteiger partial charge is 0.444 e. The molecule has 2 heterocycles. The summed E-state index contributed by atoms with van der Waals surface area (Å²) in [6.07, 6.45) is -1.58. The van der Waals surface area contributed by atoms with Crippen molar-refractivity contribution in [2.45, 2.75) is 75.9 Å². The smallest absolute Gasteiger partial charge is 0.411 e. The predicted molar refractivity (Wildman–Crippen MR) is 152 cm³/mol. The molecule has 40 heavy (non-hydrogen) atoms. The first-order valence-electron chi connectivity index (χ1n) is 13.8. The maximum absolute atomic E-state index is 13.6. The Hall–Kier alpha value is -3.23. The standard InChI is InChI=1S/C33H39NO6/c1-31(2,3)40-30(36)34-26(21-35)28-29(39-32(4,5)38-28)27(34)22-37-33(23-15-9-6-10-16-23,24-17-11-7-12-18-24)25-19-13-8-14-20-25/h6-20,26-29,35H,21-22H2,1-5H3/t26-,27+,28-,29+/m0/s1. The maximum atomic E-state index is 13.6. The molecular formula is C33H39NO6. The van der Waals surface area contributed by atoms with Gasteiger partial charge < -0.3 is 24.1 Å². The van der Waals surface area contributed by atoms with Crippen LogP contribution in [0, 0.1) is 0 Å². The first-order valence-corrected chi connectivity index (χ1v) is 13.8. The fourth-order valence-electron chi connectivity index (χ4n) is 5.91. The number of aliphatic hydroxyl groups excluding tert-OH is 1. The minimum absolute atomic E-state index is 0.106. The summed E-state index contributed by atoms with van der Waals surface area (Å²) in [5.41, 5.74) is 1.16. The van der Waals surface area contributed by atoms with E-state index in [9.17, 15) is 9.90 Å². The van der Waals surface area contributed by atoms with Gasteiger partial charge in [-0.25, -0.2) is 4.79 Å². The second kappa shape index (κ2) is 11.0. The topological polar surface area (TPSA) is 77.5 Å². The molecule has 2 aliphatic rings. The van der Waals surface area contributed by atoms with Crippen LogP contribution in [0.5, 0.6) is 0 Å². The third-order valence-corrected chi connectivity index (χ3v) is 7.44. The van der Waals surface area contributed by atoms with Gasteiger partial charge in [0.15, 0.2) is 5.79 Å². The molecule has 5 rings (SSSR count). The highest BCUT2D eigenvalue weighted by Crippen LogP contribution is 2.44. The van der Waals surface area contributed by atoms with Crippen LogP contribution in [0.3, 0.4) is 0 Å². The average molecular weight is 546 g/mol. The number of benzene rings is 3. The fourth-order valence-corrected chi connectivity index (χ4v) is 5.91. The van der Waals surface area contributed by atoms with Crippen LogP contribution >= 0.6 is 0 Å². The summed E-state index contributed by atoms with van der Waals surface area (Å²) < 4.78 is 25.4. The molecule has 4 atom stereocenters. The Bertz CT molecular complexity index is 1180. The molecule has 1 N–H and O–H groups in total. The normalized spacial score (nSPS) is 24.1.